The Morgan fingerprint density at radius 2 is 1.88 bits per heavy atom. The van der Waals surface area contributed by atoms with Crippen LogP contribution in [0.5, 0.6) is 0 Å². The molecule has 0 aliphatic carbocycles. The van der Waals surface area contributed by atoms with E-state index < -0.39 is 21.2 Å². The molecular formula is C10H23N3O3S. The van der Waals surface area contributed by atoms with Crippen molar-refractivity contribution in [1.29, 1.82) is 0 Å². The van der Waals surface area contributed by atoms with Gasteiger partial charge in [0.05, 0.1) is 11.8 Å². The van der Waals surface area contributed by atoms with Gasteiger partial charge in [-0.3, -0.25) is 4.79 Å². The number of primary amides is 1. The third kappa shape index (κ3) is 5.01. The van der Waals surface area contributed by atoms with Gasteiger partial charge in [0.1, 0.15) is 0 Å². The van der Waals surface area contributed by atoms with Gasteiger partial charge in [0.15, 0.2) is 0 Å². The Morgan fingerprint density at radius 3 is 2.18 bits per heavy atom. The second-order valence-electron chi connectivity index (χ2n) is 4.46. The molecule has 0 bridgehead atoms. The summed E-state index contributed by atoms with van der Waals surface area (Å²) in [7, 11) is -3.55. The molecule has 0 aromatic carbocycles. The first-order chi connectivity index (χ1) is 7.75. The molecule has 17 heavy (non-hydrogen) atoms. The van der Waals surface area contributed by atoms with E-state index in [4.69, 9.17) is 11.5 Å². The summed E-state index contributed by atoms with van der Waals surface area (Å²) in [6.07, 6.45) is 0.423. The lowest BCUT2D eigenvalue weighted by Gasteiger charge is -2.26. The van der Waals surface area contributed by atoms with Gasteiger partial charge in [0.25, 0.3) is 0 Å². The lowest BCUT2D eigenvalue weighted by atomic mass is 10.2. The minimum Gasteiger partial charge on any atom is -0.369 e. The van der Waals surface area contributed by atoms with Crippen molar-refractivity contribution in [3.05, 3.63) is 0 Å². The number of carbonyl (C=O) groups is 1. The van der Waals surface area contributed by atoms with E-state index in [1.165, 1.54) is 0 Å². The number of rotatable bonds is 8. The predicted octanol–water partition coefficient (Wildman–Crippen LogP) is -0.503. The van der Waals surface area contributed by atoms with Gasteiger partial charge in [-0.1, -0.05) is 20.8 Å². The van der Waals surface area contributed by atoms with Crippen LogP contribution in [-0.2, 0) is 14.8 Å². The average molecular weight is 265 g/mol. The van der Waals surface area contributed by atoms with Crippen molar-refractivity contribution in [2.75, 3.05) is 19.6 Å². The van der Waals surface area contributed by atoms with Crippen LogP contribution in [0, 0.1) is 5.92 Å². The van der Waals surface area contributed by atoms with Gasteiger partial charge < -0.3 is 11.5 Å². The van der Waals surface area contributed by atoms with Crippen molar-refractivity contribution in [3.8, 4) is 0 Å². The number of carbonyl (C=O) groups excluding carboxylic acids is 1. The van der Waals surface area contributed by atoms with E-state index in [-0.39, 0.29) is 25.6 Å². The highest BCUT2D eigenvalue weighted by molar-refractivity contribution is 7.89. The zero-order valence-electron chi connectivity index (χ0n) is 10.7. The standard InChI is InChI=1S/C10H23N3O3S/c1-4-9(5-11)17(15,16)13(6-8(2)3)7-10(12)14/h8-9H,4-7,11H2,1-3H3,(H2,12,14). The first-order valence-electron chi connectivity index (χ1n) is 5.73. The summed E-state index contributed by atoms with van der Waals surface area (Å²) >= 11 is 0. The topological polar surface area (TPSA) is 106 Å². The second kappa shape index (κ2) is 6.93. The molecule has 1 unspecified atom stereocenters. The zero-order valence-corrected chi connectivity index (χ0v) is 11.5. The van der Waals surface area contributed by atoms with Crippen LogP contribution in [-0.4, -0.2) is 43.5 Å². The van der Waals surface area contributed by atoms with Crippen molar-refractivity contribution in [2.24, 2.45) is 17.4 Å². The maximum atomic E-state index is 12.2. The SMILES string of the molecule is CCC(CN)S(=O)(=O)N(CC(N)=O)CC(C)C. The summed E-state index contributed by atoms with van der Waals surface area (Å²) in [5.41, 5.74) is 10.5. The molecule has 0 rings (SSSR count). The van der Waals surface area contributed by atoms with Crippen molar-refractivity contribution in [1.82, 2.24) is 4.31 Å². The van der Waals surface area contributed by atoms with Gasteiger partial charge >= 0.3 is 0 Å². The Bertz CT molecular complexity index is 337. The molecule has 1 amide bonds. The van der Waals surface area contributed by atoms with Crippen LogP contribution < -0.4 is 11.5 Å². The molecule has 102 valence electrons. The van der Waals surface area contributed by atoms with E-state index in [0.717, 1.165) is 4.31 Å². The summed E-state index contributed by atoms with van der Waals surface area (Å²) in [4.78, 5) is 10.9. The molecule has 0 heterocycles. The molecule has 4 N–H and O–H groups in total. The first-order valence-corrected chi connectivity index (χ1v) is 7.23. The molecule has 0 saturated carbocycles. The number of hydrogen-bond acceptors (Lipinski definition) is 4. The number of nitrogens with zero attached hydrogens (tertiary/aromatic N) is 1. The van der Waals surface area contributed by atoms with E-state index in [2.05, 4.69) is 0 Å². The normalized spacial score (nSPS) is 14.2. The lowest BCUT2D eigenvalue weighted by Crippen LogP contribution is -2.46. The highest BCUT2D eigenvalue weighted by atomic mass is 32.2. The Hall–Kier alpha value is -0.660. The average Bonchev–Trinajstić information content (AvgIpc) is 2.16. The molecule has 0 saturated heterocycles. The van der Waals surface area contributed by atoms with E-state index in [9.17, 15) is 13.2 Å². The first kappa shape index (κ1) is 16.3. The van der Waals surface area contributed by atoms with Crippen LogP contribution in [0.1, 0.15) is 27.2 Å². The molecule has 0 aliphatic rings. The predicted molar refractivity (Wildman–Crippen MR) is 67.7 cm³/mol. The smallest absolute Gasteiger partial charge is 0.232 e. The summed E-state index contributed by atoms with van der Waals surface area (Å²) in [6.45, 7) is 5.57. The molecule has 0 aromatic rings. The van der Waals surface area contributed by atoms with E-state index >= 15 is 0 Å². The fraction of sp³-hybridized carbons (Fsp3) is 0.900. The molecular weight excluding hydrogens is 242 g/mol. The van der Waals surface area contributed by atoms with Gasteiger partial charge in [0, 0.05) is 13.1 Å². The Morgan fingerprint density at radius 1 is 1.35 bits per heavy atom. The largest absolute Gasteiger partial charge is 0.369 e. The van der Waals surface area contributed by atoms with Crippen LogP contribution >= 0.6 is 0 Å². The maximum absolute atomic E-state index is 12.2. The van der Waals surface area contributed by atoms with Crippen LogP contribution in [0.15, 0.2) is 0 Å². The molecule has 0 aromatic heterocycles. The van der Waals surface area contributed by atoms with Crippen LogP contribution in [0.2, 0.25) is 0 Å². The minimum absolute atomic E-state index is 0.0478. The molecule has 7 heteroatoms. The van der Waals surface area contributed by atoms with Crippen molar-refractivity contribution in [3.63, 3.8) is 0 Å². The maximum Gasteiger partial charge on any atom is 0.232 e. The van der Waals surface area contributed by atoms with Crippen molar-refractivity contribution in [2.45, 2.75) is 32.4 Å². The van der Waals surface area contributed by atoms with Crippen molar-refractivity contribution >= 4 is 15.9 Å². The molecule has 0 fully saturated rings. The Balaban J connectivity index is 5.06. The fourth-order valence-corrected chi connectivity index (χ4v) is 3.45. The summed E-state index contributed by atoms with van der Waals surface area (Å²) in [5, 5.41) is -0.652. The molecule has 0 aliphatic heterocycles. The highest BCUT2D eigenvalue weighted by Gasteiger charge is 2.31. The van der Waals surface area contributed by atoms with E-state index in [1.807, 2.05) is 13.8 Å². The molecule has 1 atom stereocenters. The summed E-state index contributed by atoms with van der Waals surface area (Å²) in [5.74, 6) is -0.527. The van der Waals surface area contributed by atoms with Gasteiger partial charge in [-0.05, 0) is 12.3 Å². The third-order valence-corrected chi connectivity index (χ3v) is 4.77. The van der Waals surface area contributed by atoms with E-state index in [1.54, 1.807) is 6.92 Å². The molecule has 6 nitrogen and oxygen atoms in total. The number of nitrogens with two attached hydrogens (primary N) is 2. The van der Waals surface area contributed by atoms with Gasteiger partial charge in [-0.15, -0.1) is 0 Å². The lowest BCUT2D eigenvalue weighted by molar-refractivity contribution is -0.118. The van der Waals surface area contributed by atoms with E-state index in [0.29, 0.717) is 6.42 Å². The quantitative estimate of drug-likeness (QED) is 0.616. The third-order valence-electron chi connectivity index (χ3n) is 2.40. The van der Waals surface area contributed by atoms with Crippen LogP contribution in [0.25, 0.3) is 0 Å². The Labute approximate surface area is 103 Å². The number of sulfonamides is 1. The number of hydrogen-bond donors (Lipinski definition) is 2. The summed E-state index contributed by atoms with van der Waals surface area (Å²) < 4.78 is 25.5. The zero-order chi connectivity index (χ0) is 13.6. The highest BCUT2D eigenvalue weighted by Crippen LogP contribution is 2.13. The van der Waals surface area contributed by atoms with Crippen LogP contribution in [0.4, 0.5) is 0 Å². The van der Waals surface area contributed by atoms with Crippen molar-refractivity contribution < 1.29 is 13.2 Å². The Kier molecular flexibility index (Phi) is 6.66. The van der Waals surface area contributed by atoms with Gasteiger partial charge in [-0.2, -0.15) is 4.31 Å². The molecule has 0 radical (unpaired) electrons. The fourth-order valence-electron chi connectivity index (χ4n) is 1.55. The molecule has 0 spiro atoms. The van der Waals surface area contributed by atoms with Crippen LogP contribution in [0.3, 0.4) is 0 Å². The second-order valence-corrected chi connectivity index (χ2v) is 6.68. The summed E-state index contributed by atoms with van der Waals surface area (Å²) in [6, 6.07) is 0. The van der Waals surface area contributed by atoms with Gasteiger partial charge in [0.2, 0.25) is 15.9 Å². The van der Waals surface area contributed by atoms with Gasteiger partial charge in [-0.25, -0.2) is 8.42 Å². The number of amides is 1. The minimum atomic E-state index is -3.55. The monoisotopic (exact) mass is 265 g/mol.